The second-order valence-electron chi connectivity index (χ2n) is 5.63. The molecule has 24 heavy (non-hydrogen) atoms. The Balaban J connectivity index is 1.48. The Bertz CT molecular complexity index is 835. The molecule has 5 heteroatoms. The fraction of sp³-hybridized carbons (Fsp3) is 0.211. The van der Waals surface area contributed by atoms with Crippen molar-refractivity contribution in [1.82, 2.24) is 10.3 Å². The van der Waals surface area contributed by atoms with E-state index >= 15 is 0 Å². The minimum atomic E-state index is -0.553. The first-order valence-electron chi connectivity index (χ1n) is 7.87. The molecule has 3 rings (SSSR count). The molecular weight excluding hydrogens is 320 g/mol. The van der Waals surface area contributed by atoms with Gasteiger partial charge in [-0.3, -0.25) is 9.59 Å². The molecule has 2 aromatic carbocycles. The topological polar surface area (TPSA) is 59.1 Å². The van der Waals surface area contributed by atoms with E-state index in [9.17, 15) is 9.59 Å². The first-order chi connectivity index (χ1) is 11.6. The van der Waals surface area contributed by atoms with Crippen molar-refractivity contribution < 1.29 is 9.59 Å². The first kappa shape index (κ1) is 16.3. The number of nitrogens with one attached hydrogen (secondary N) is 1. The van der Waals surface area contributed by atoms with E-state index < -0.39 is 11.7 Å². The monoisotopic (exact) mass is 338 g/mol. The highest BCUT2D eigenvalue weighted by atomic mass is 32.1. The van der Waals surface area contributed by atoms with E-state index in [1.807, 2.05) is 37.3 Å². The van der Waals surface area contributed by atoms with Gasteiger partial charge in [0.25, 0.3) is 5.91 Å². The lowest BCUT2D eigenvalue weighted by Crippen LogP contribution is -2.32. The number of benzene rings is 2. The summed E-state index contributed by atoms with van der Waals surface area (Å²) in [5.41, 5.74) is 2.49. The van der Waals surface area contributed by atoms with Gasteiger partial charge in [0.05, 0.1) is 15.2 Å². The zero-order valence-electron chi connectivity index (χ0n) is 13.4. The van der Waals surface area contributed by atoms with Crippen molar-refractivity contribution in [3.8, 4) is 0 Å². The summed E-state index contributed by atoms with van der Waals surface area (Å²) in [7, 11) is 0. The van der Waals surface area contributed by atoms with Crippen molar-refractivity contribution in [1.29, 1.82) is 0 Å². The molecule has 0 radical (unpaired) electrons. The summed E-state index contributed by atoms with van der Waals surface area (Å²) in [5.74, 6) is -1.04. The maximum Gasteiger partial charge on any atom is 0.292 e. The summed E-state index contributed by atoms with van der Waals surface area (Å²) in [5, 5.41) is 3.74. The quantitative estimate of drug-likeness (QED) is 0.425. The summed E-state index contributed by atoms with van der Waals surface area (Å²) in [6.45, 7) is 2.41. The van der Waals surface area contributed by atoms with E-state index in [0.29, 0.717) is 12.1 Å². The summed E-state index contributed by atoms with van der Waals surface area (Å²) in [6, 6.07) is 15.0. The van der Waals surface area contributed by atoms with Gasteiger partial charge in [0.15, 0.2) is 0 Å². The standard InChI is InChI=1S/C19H18N2O2S/c1-13-8-10-14(11-9-13)18(22)19(23)20-12-4-7-17-21-15-5-2-3-6-16(15)24-17/h2-3,5-6,8-11H,4,7,12H2,1H3,(H,20,23). The van der Waals surface area contributed by atoms with Gasteiger partial charge in [-0.1, -0.05) is 42.0 Å². The fourth-order valence-corrected chi connectivity index (χ4v) is 3.39. The number of aromatic nitrogens is 1. The van der Waals surface area contributed by atoms with E-state index in [0.717, 1.165) is 28.9 Å². The summed E-state index contributed by atoms with van der Waals surface area (Å²) < 4.78 is 1.17. The van der Waals surface area contributed by atoms with Gasteiger partial charge in [0.1, 0.15) is 0 Å². The molecule has 1 N–H and O–H groups in total. The van der Waals surface area contributed by atoms with Crippen LogP contribution in [-0.2, 0) is 11.2 Å². The molecule has 1 heterocycles. The Kier molecular flexibility index (Phi) is 5.01. The van der Waals surface area contributed by atoms with Gasteiger partial charge < -0.3 is 5.32 Å². The third-order valence-corrected chi connectivity index (χ3v) is 4.81. The molecule has 0 bridgehead atoms. The highest BCUT2D eigenvalue weighted by Gasteiger charge is 2.15. The van der Waals surface area contributed by atoms with Crippen molar-refractivity contribution >= 4 is 33.2 Å². The van der Waals surface area contributed by atoms with Crippen LogP contribution in [0.3, 0.4) is 0 Å². The van der Waals surface area contributed by atoms with Crippen LogP contribution in [0.4, 0.5) is 0 Å². The maximum atomic E-state index is 12.0. The molecule has 4 nitrogen and oxygen atoms in total. The van der Waals surface area contributed by atoms with Crippen LogP contribution in [0.25, 0.3) is 10.2 Å². The SMILES string of the molecule is Cc1ccc(C(=O)C(=O)NCCCc2nc3ccccc3s2)cc1. The number of carbonyl (C=O) groups is 2. The number of rotatable bonds is 6. The number of para-hydroxylation sites is 1. The zero-order valence-corrected chi connectivity index (χ0v) is 14.2. The summed E-state index contributed by atoms with van der Waals surface area (Å²) >= 11 is 1.67. The van der Waals surface area contributed by atoms with Crippen LogP contribution in [0.5, 0.6) is 0 Å². The van der Waals surface area contributed by atoms with Crippen molar-refractivity contribution in [3.63, 3.8) is 0 Å². The van der Waals surface area contributed by atoms with Crippen LogP contribution in [0, 0.1) is 6.92 Å². The molecule has 0 spiro atoms. The number of thiazole rings is 1. The second-order valence-corrected chi connectivity index (χ2v) is 6.75. The van der Waals surface area contributed by atoms with Crippen LogP contribution in [0.15, 0.2) is 48.5 Å². The minimum Gasteiger partial charge on any atom is -0.349 e. The van der Waals surface area contributed by atoms with Crippen LogP contribution in [0.2, 0.25) is 0 Å². The number of Topliss-reactive ketones (excluding diaryl/α,β-unsaturated/α-hetero) is 1. The zero-order chi connectivity index (χ0) is 16.9. The third-order valence-electron chi connectivity index (χ3n) is 3.71. The largest absolute Gasteiger partial charge is 0.349 e. The molecule has 0 aliphatic rings. The van der Waals surface area contributed by atoms with E-state index in [4.69, 9.17) is 0 Å². The molecule has 122 valence electrons. The molecule has 1 amide bonds. The van der Waals surface area contributed by atoms with Crippen LogP contribution >= 0.6 is 11.3 Å². The smallest absolute Gasteiger partial charge is 0.292 e. The maximum absolute atomic E-state index is 12.0. The molecule has 0 aliphatic heterocycles. The number of aryl methyl sites for hydroxylation is 2. The highest BCUT2D eigenvalue weighted by molar-refractivity contribution is 7.18. The van der Waals surface area contributed by atoms with Gasteiger partial charge in [-0.05, 0) is 25.5 Å². The van der Waals surface area contributed by atoms with Crippen LogP contribution in [0.1, 0.15) is 27.3 Å². The van der Waals surface area contributed by atoms with Gasteiger partial charge in [0.2, 0.25) is 5.78 Å². The van der Waals surface area contributed by atoms with Crippen molar-refractivity contribution in [2.24, 2.45) is 0 Å². The Labute approximate surface area is 144 Å². The Morgan fingerprint density at radius 1 is 1.08 bits per heavy atom. The van der Waals surface area contributed by atoms with Gasteiger partial charge in [-0.15, -0.1) is 11.3 Å². The Hall–Kier alpha value is -2.53. The number of hydrogen-bond acceptors (Lipinski definition) is 4. The number of amides is 1. The van der Waals surface area contributed by atoms with Gasteiger partial charge >= 0.3 is 0 Å². The lowest BCUT2D eigenvalue weighted by molar-refractivity contribution is -0.117. The summed E-state index contributed by atoms with van der Waals surface area (Å²) in [4.78, 5) is 28.5. The van der Waals surface area contributed by atoms with E-state index in [1.165, 1.54) is 4.70 Å². The lowest BCUT2D eigenvalue weighted by atomic mass is 10.1. The van der Waals surface area contributed by atoms with E-state index in [-0.39, 0.29) is 0 Å². The van der Waals surface area contributed by atoms with Crippen molar-refractivity contribution in [2.45, 2.75) is 19.8 Å². The minimum absolute atomic E-state index is 0.421. The number of fused-ring (bicyclic) bond motifs is 1. The highest BCUT2D eigenvalue weighted by Crippen LogP contribution is 2.22. The first-order valence-corrected chi connectivity index (χ1v) is 8.69. The van der Waals surface area contributed by atoms with Gasteiger partial charge in [0, 0.05) is 18.5 Å². The molecule has 3 aromatic rings. The number of nitrogens with zero attached hydrogens (tertiary/aromatic N) is 1. The molecule has 0 aliphatic carbocycles. The van der Waals surface area contributed by atoms with Crippen molar-refractivity contribution in [3.05, 3.63) is 64.7 Å². The van der Waals surface area contributed by atoms with Gasteiger partial charge in [-0.2, -0.15) is 0 Å². The number of carbonyl (C=O) groups excluding carboxylic acids is 2. The number of hydrogen-bond donors (Lipinski definition) is 1. The Morgan fingerprint density at radius 2 is 1.83 bits per heavy atom. The average Bonchev–Trinajstić information content (AvgIpc) is 3.01. The normalized spacial score (nSPS) is 10.7. The van der Waals surface area contributed by atoms with Crippen LogP contribution in [-0.4, -0.2) is 23.2 Å². The molecule has 1 aromatic heterocycles. The second kappa shape index (κ2) is 7.36. The lowest BCUT2D eigenvalue weighted by Gasteiger charge is -2.04. The van der Waals surface area contributed by atoms with E-state index in [2.05, 4.69) is 16.4 Å². The molecule has 0 saturated carbocycles. The van der Waals surface area contributed by atoms with Gasteiger partial charge in [-0.25, -0.2) is 4.98 Å². The molecule has 0 unspecified atom stereocenters. The van der Waals surface area contributed by atoms with Crippen molar-refractivity contribution in [2.75, 3.05) is 6.54 Å². The molecular formula is C19H18N2O2S. The number of ketones is 1. The predicted molar refractivity (Wildman–Crippen MR) is 96.5 cm³/mol. The fourth-order valence-electron chi connectivity index (χ4n) is 2.38. The molecule has 0 atom stereocenters. The third kappa shape index (κ3) is 3.86. The van der Waals surface area contributed by atoms with Crippen LogP contribution < -0.4 is 5.32 Å². The predicted octanol–water partition coefficient (Wildman–Crippen LogP) is 3.54. The Morgan fingerprint density at radius 3 is 2.58 bits per heavy atom. The molecule has 0 saturated heterocycles. The average molecular weight is 338 g/mol. The molecule has 0 fully saturated rings. The summed E-state index contributed by atoms with van der Waals surface area (Å²) in [6.07, 6.45) is 1.55. The van der Waals surface area contributed by atoms with E-state index in [1.54, 1.807) is 23.5 Å².